The highest BCUT2D eigenvalue weighted by Gasteiger charge is 2.37. The highest BCUT2D eigenvalue weighted by molar-refractivity contribution is 5.49. The fourth-order valence-electron chi connectivity index (χ4n) is 3.68. The Bertz CT molecular complexity index is 741. The van der Waals surface area contributed by atoms with Gasteiger partial charge in [0.1, 0.15) is 11.6 Å². The van der Waals surface area contributed by atoms with Crippen LogP contribution in [0.25, 0.3) is 0 Å². The Balaban J connectivity index is 1.76. The van der Waals surface area contributed by atoms with Crippen molar-refractivity contribution in [2.75, 3.05) is 38.6 Å². The van der Waals surface area contributed by atoms with Gasteiger partial charge in [-0.1, -0.05) is 0 Å². The topological polar surface area (TPSA) is 37.2 Å². The van der Waals surface area contributed by atoms with E-state index in [9.17, 15) is 13.2 Å². The van der Waals surface area contributed by atoms with Gasteiger partial charge in [0.2, 0.25) is 0 Å². The Kier molecular flexibility index (Phi) is 6.04. The normalized spacial score (nSPS) is 18.3. The summed E-state index contributed by atoms with van der Waals surface area (Å²) in [5.41, 5.74) is -0.667. The van der Waals surface area contributed by atoms with Crippen LogP contribution in [0.3, 0.4) is 0 Å². The molecule has 1 aliphatic rings. The zero-order chi connectivity index (χ0) is 19.4. The minimum atomic E-state index is -4.40. The number of anilines is 1. The summed E-state index contributed by atoms with van der Waals surface area (Å²) < 4.78 is 42.2. The van der Waals surface area contributed by atoms with Gasteiger partial charge in [-0.2, -0.15) is 13.2 Å². The number of alkyl halides is 3. The number of rotatable bonds is 6. The first-order chi connectivity index (χ1) is 12.9. The zero-order valence-corrected chi connectivity index (χ0v) is 15.8. The lowest BCUT2D eigenvalue weighted by Gasteiger charge is -2.34. The molecule has 1 unspecified atom stereocenters. The van der Waals surface area contributed by atoms with Crippen molar-refractivity contribution in [3.05, 3.63) is 42.1 Å². The molecule has 0 radical (unpaired) electrons. The van der Waals surface area contributed by atoms with Crippen molar-refractivity contribution in [2.24, 2.45) is 0 Å². The van der Waals surface area contributed by atoms with E-state index in [1.807, 2.05) is 20.3 Å². The van der Waals surface area contributed by atoms with Crippen LogP contribution in [0.1, 0.15) is 36.6 Å². The van der Waals surface area contributed by atoms with E-state index in [1.165, 1.54) is 12.3 Å². The van der Waals surface area contributed by atoms with Crippen molar-refractivity contribution < 1.29 is 13.2 Å². The molecule has 27 heavy (non-hydrogen) atoms. The van der Waals surface area contributed by atoms with Gasteiger partial charge in [-0.05, 0) is 52.0 Å². The van der Waals surface area contributed by atoms with Crippen molar-refractivity contribution in [2.45, 2.75) is 37.9 Å². The van der Waals surface area contributed by atoms with Crippen LogP contribution in [-0.2, 0) is 12.7 Å². The van der Waals surface area contributed by atoms with Gasteiger partial charge in [-0.25, -0.2) is 9.97 Å². The quantitative estimate of drug-likeness (QED) is 0.766. The lowest BCUT2D eigenvalue weighted by atomic mass is 9.96. The summed E-state index contributed by atoms with van der Waals surface area (Å²) in [6, 6.07) is 2.44. The third kappa shape index (κ3) is 4.80. The van der Waals surface area contributed by atoms with Crippen LogP contribution < -0.4 is 4.90 Å². The number of imidazole rings is 1. The molecule has 3 heterocycles. The first-order valence-corrected chi connectivity index (χ1v) is 9.29. The van der Waals surface area contributed by atoms with Gasteiger partial charge < -0.3 is 14.4 Å². The summed E-state index contributed by atoms with van der Waals surface area (Å²) in [5.74, 6) is 1.10. The third-order valence-corrected chi connectivity index (χ3v) is 4.93. The number of piperidine rings is 1. The number of halogens is 3. The molecule has 1 fully saturated rings. The van der Waals surface area contributed by atoms with Crippen LogP contribution in [0, 0.1) is 0 Å². The second-order valence-electron chi connectivity index (χ2n) is 7.29. The Morgan fingerprint density at radius 1 is 1.22 bits per heavy atom. The van der Waals surface area contributed by atoms with E-state index in [2.05, 4.69) is 19.4 Å². The van der Waals surface area contributed by atoms with Crippen molar-refractivity contribution in [1.82, 2.24) is 19.4 Å². The molecular weight excluding hydrogens is 355 g/mol. The third-order valence-electron chi connectivity index (χ3n) is 4.93. The molecule has 0 aliphatic carbocycles. The summed E-state index contributed by atoms with van der Waals surface area (Å²) in [6.07, 6.45) is 3.53. The van der Waals surface area contributed by atoms with Crippen LogP contribution in [-0.4, -0.2) is 53.2 Å². The molecular formula is C19H26F3N5. The van der Waals surface area contributed by atoms with Crippen molar-refractivity contribution in [1.29, 1.82) is 0 Å². The van der Waals surface area contributed by atoms with Crippen molar-refractivity contribution >= 4 is 5.82 Å². The lowest BCUT2D eigenvalue weighted by Crippen LogP contribution is -2.37. The van der Waals surface area contributed by atoms with E-state index in [1.54, 1.807) is 11.1 Å². The molecule has 0 bridgehead atoms. The van der Waals surface area contributed by atoms with E-state index >= 15 is 0 Å². The fraction of sp³-hybridized carbons (Fsp3) is 0.579. The molecule has 0 N–H and O–H groups in total. The van der Waals surface area contributed by atoms with Crippen LogP contribution in [0.4, 0.5) is 19.0 Å². The van der Waals surface area contributed by atoms with Gasteiger partial charge in [0.15, 0.2) is 0 Å². The van der Waals surface area contributed by atoms with E-state index in [4.69, 9.17) is 0 Å². The number of pyridine rings is 1. The Hall–Kier alpha value is -2.09. The van der Waals surface area contributed by atoms with Gasteiger partial charge in [-0.15, -0.1) is 0 Å². The molecule has 5 nitrogen and oxygen atoms in total. The number of hydrogen-bond acceptors (Lipinski definition) is 4. The number of aryl methyl sites for hydroxylation is 1. The Labute approximate surface area is 157 Å². The van der Waals surface area contributed by atoms with Crippen LogP contribution in [0.15, 0.2) is 30.7 Å². The summed E-state index contributed by atoms with van der Waals surface area (Å²) in [7, 11) is 4.08. The van der Waals surface area contributed by atoms with E-state index in [-0.39, 0.29) is 11.7 Å². The fourth-order valence-corrected chi connectivity index (χ4v) is 3.68. The molecule has 0 spiro atoms. The van der Waals surface area contributed by atoms with Crippen LogP contribution in [0.5, 0.6) is 0 Å². The summed E-state index contributed by atoms with van der Waals surface area (Å²) in [5, 5.41) is 0. The molecule has 1 atom stereocenters. The van der Waals surface area contributed by atoms with E-state index in [0.29, 0.717) is 13.1 Å². The van der Waals surface area contributed by atoms with Gasteiger partial charge in [-0.3, -0.25) is 0 Å². The summed E-state index contributed by atoms with van der Waals surface area (Å²) in [4.78, 5) is 12.5. The second kappa shape index (κ2) is 8.29. The number of hydrogen-bond donors (Lipinski definition) is 0. The lowest BCUT2D eigenvalue weighted by molar-refractivity contribution is -0.137. The first-order valence-electron chi connectivity index (χ1n) is 9.29. The molecule has 1 aliphatic heterocycles. The molecule has 3 rings (SSSR count). The van der Waals surface area contributed by atoms with Crippen molar-refractivity contribution in [3.63, 3.8) is 0 Å². The number of nitrogens with zero attached hydrogens (tertiary/aromatic N) is 5. The molecule has 148 valence electrons. The average molecular weight is 381 g/mol. The predicted molar refractivity (Wildman–Crippen MR) is 98.8 cm³/mol. The monoisotopic (exact) mass is 381 g/mol. The standard InChI is InChI=1S/C19H26F3N5/c1-25(2)10-5-12-26-13-9-24-17(26)15-6-4-11-27(14-15)18-16(19(20,21)22)7-3-8-23-18/h3,7-9,13,15H,4-6,10-12,14H2,1-2H3. The maximum atomic E-state index is 13.4. The minimum absolute atomic E-state index is 0.0282. The summed E-state index contributed by atoms with van der Waals surface area (Å²) >= 11 is 0. The first kappa shape index (κ1) is 19.7. The molecule has 0 amide bonds. The number of aromatic nitrogens is 3. The molecule has 2 aromatic heterocycles. The van der Waals surface area contributed by atoms with Crippen molar-refractivity contribution in [3.8, 4) is 0 Å². The van der Waals surface area contributed by atoms with E-state index < -0.39 is 11.7 Å². The maximum Gasteiger partial charge on any atom is 0.419 e. The minimum Gasteiger partial charge on any atom is -0.355 e. The highest BCUT2D eigenvalue weighted by Crippen LogP contribution is 2.37. The highest BCUT2D eigenvalue weighted by atomic mass is 19.4. The molecule has 1 saturated heterocycles. The Morgan fingerprint density at radius 2 is 2.04 bits per heavy atom. The van der Waals surface area contributed by atoms with Gasteiger partial charge in [0.05, 0.1) is 5.56 Å². The van der Waals surface area contributed by atoms with E-state index in [0.717, 1.165) is 44.2 Å². The zero-order valence-electron chi connectivity index (χ0n) is 15.8. The average Bonchev–Trinajstić information content (AvgIpc) is 3.09. The molecule has 8 heteroatoms. The molecule has 2 aromatic rings. The second-order valence-corrected chi connectivity index (χ2v) is 7.29. The van der Waals surface area contributed by atoms with Gasteiger partial charge in [0, 0.05) is 44.1 Å². The summed E-state index contributed by atoms with van der Waals surface area (Å²) in [6.45, 7) is 2.93. The maximum absolute atomic E-state index is 13.4. The van der Waals surface area contributed by atoms with Gasteiger partial charge >= 0.3 is 6.18 Å². The van der Waals surface area contributed by atoms with Crippen LogP contribution in [0.2, 0.25) is 0 Å². The van der Waals surface area contributed by atoms with Crippen LogP contribution >= 0.6 is 0 Å². The molecule has 0 saturated carbocycles. The molecule has 0 aromatic carbocycles. The Morgan fingerprint density at radius 3 is 2.78 bits per heavy atom. The predicted octanol–water partition coefficient (Wildman–Crippen LogP) is 3.63. The SMILES string of the molecule is CN(C)CCCn1ccnc1C1CCCN(c2ncccc2C(F)(F)F)C1. The smallest absolute Gasteiger partial charge is 0.355 e. The van der Waals surface area contributed by atoms with Gasteiger partial charge in [0.25, 0.3) is 0 Å². The largest absolute Gasteiger partial charge is 0.419 e.